The Balaban J connectivity index is 1.47. The summed E-state index contributed by atoms with van der Waals surface area (Å²) in [6.07, 6.45) is 1.76. The molecule has 0 radical (unpaired) electrons. The van der Waals surface area contributed by atoms with Crippen molar-refractivity contribution in [2.45, 2.75) is 13.0 Å². The van der Waals surface area contributed by atoms with E-state index in [4.69, 9.17) is 31.0 Å². The highest BCUT2D eigenvalue weighted by Gasteiger charge is 2.28. The molecule has 2 fully saturated rings. The first-order valence-electron chi connectivity index (χ1n) is 11.7. The molecule has 10 heteroatoms. The quantitative estimate of drug-likeness (QED) is 0.525. The van der Waals surface area contributed by atoms with Gasteiger partial charge in [-0.05, 0) is 37.3 Å². The highest BCUT2D eigenvalue weighted by molar-refractivity contribution is 6.32. The van der Waals surface area contributed by atoms with Gasteiger partial charge in [0, 0.05) is 56.6 Å². The molecule has 3 aromatic rings. The number of piperazine rings is 1. The predicted molar refractivity (Wildman–Crippen MR) is 135 cm³/mol. The van der Waals surface area contributed by atoms with Crippen molar-refractivity contribution in [2.75, 3.05) is 67.7 Å². The average Bonchev–Trinajstić information content (AvgIpc) is 2.89. The second kappa shape index (κ2) is 10.2. The van der Waals surface area contributed by atoms with Crippen LogP contribution in [0.1, 0.15) is 6.92 Å². The van der Waals surface area contributed by atoms with Crippen molar-refractivity contribution < 1.29 is 13.9 Å². The van der Waals surface area contributed by atoms with Crippen LogP contribution in [0.2, 0.25) is 5.02 Å². The summed E-state index contributed by atoms with van der Waals surface area (Å²) < 4.78 is 25.1. The molecule has 2 saturated heterocycles. The molecule has 8 nitrogen and oxygen atoms in total. The van der Waals surface area contributed by atoms with E-state index in [2.05, 4.69) is 26.6 Å². The number of morpholine rings is 1. The molecule has 2 aliphatic rings. The summed E-state index contributed by atoms with van der Waals surface area (Å²) in [7, 11) is 1.45. The number of anilines is 3. The first-order valence-corrected chi connectivity index (χ1v) is 12.1. The zero-order chi connectivity index (χ0) is 24.4. The smallest absolute Gasteiger partial charge is 0.228 e. The maximum Gasteiger partial charge on any atom is 0.228 e. The van der Waals surface area contributed by atoms with E-state index < -0.39 is 5.82 Å². The molecular formula is C25H28ClFN6O2. The SMILES string of the molecule is COc1ccc(-c2cc(N3CCN(c4ncccc4Cl)CC3C)nc(N3CCOCC3)n2)cc1F. The Bertz CT molecular complexity index is 1190. The first kappa shape index (κ1) is 23.6. The van der Waals surface area contributed by atoms with Crippen LogP contribution >= 0.6 is 11.6 Å². The van der Waals surface area contributed by atoms with Gasteiger partial charge in [0.25, 0.3) is 0 Å². The van der Waals surface area contributed by atoms with Crippen molar-refractivity contribution in [1.29, 1.82) is 0 Å². The third kappa shape index (κ3) is 4.97. The van der Waals surface area contributed by atoms with E-state index in [1.54, 1.807) is 12.3 Å². The highest BCUT2D eigenvalue weighted by atomic mass is 35.5. The molecule has 2 aliphatic heterocycles. The number of aromatic nitrogens is 3. The average molecular weight is 499 g/mol. The van der Waals surface area contributed by atoms with Crippen molar-refractivity contribution in [3.05, 3.63) is 53.4 Å². The molecule has 1 unspecified atom stereocenters. The molecule has 35 heavy (non-hydrogen) atoms. The fourth-order valence-corrected chi connectivity index (χ4v) is 4.79. The molecule has 1 aromatic carbocycles. The van der Waals surface area contributed by atoms with Crippen LogP contribution in [0.15, 0.2) is 42.6 Å². The van der Waals surface area contributed by atoms with Crippen LogP contribution in [0.5, 0.6) is 5.75 Å². The summed E-state index contributed by atoms with van der Waals surface area (Å²) in [6, 6.07) is 10.7. The molecule has 0 saturated carbocycles. The molecule has 5 rings (SSSR count). The Labute approximate surface area is 209 Å². The minimum absolute atomic E-state index is 0.148. The third-order valence-corrected chi connectivity index (χ3v) is 6.70. The van der Waals surface area contributed by atoms with Crippen molar-refractivity contribution in [3.8, 4) is 17.0 Å². The van der Waals surface area contributed by atoms with Gasteiger partial charge in [0.15, 0.2) is 11.6 Å². The highest BCUT2D eigenvalue weighted by Crippen LogP contribution is 2.31. The van der Waals surface area contributed by atoms with Crippen molar-refractivity contribution in [3.63, 3.8) is 0 Å². The fourth-order valence-electron chi connectivity index (χ4n) is 4.55. The molecular weight excluding hydrogens is 471 g/mol. The lowest BCUT2D eigenvalue weighted by atomic mass is 10.1. The Kier molecular flexibility index (Phi) is 6.88. The molecule has 0 amide bonds. The largest absolute Gasteiger partial charge is 0.494 e. The van der Waals surface area contributed by atoms with E-state index in [-0.39, 0.29) is 11.8 Å². The molecule has 0 bridgehead atoms. The summed E-state index contributed by atoms with van der Waals surface area (Å²) in [5.74, 6) is 2.01. The zero-order valence-corrected chi connectivity index (χ0v) is 20.6. The molecule has 0 N–H and O–H groups in total. The number of methoxy groups -OCH3 is 1. The Morgan fingerprint density at radius 1 is 1.06 bits per heavy atom. The minimum Gasteiger partial charge on any atom is -0.494 e. The van der Waals surface area contributed by atoms with Crippen LogP contribution in [0, 0.1) is 5.82 Å². The van der Waals surface area contributed by atoms with Crippen LogP contribution in [0.25, 0.3) is 11.3 Å². The number of pyridine rings is 1. The van der Waals surface area contributed by atoms with E-state index in [1.807, 2.05) is 24.3 Å². The topological polar surface area (TPSA) is 66.9 Å². The standard InChI is InChI=1S/C25H28ClFN6O2/c1-17-16-32(24-19(26)4-3-7-28-24)8-9-33(17)23-15-21(18-5-6-22(34-2)20(27)14-18)29-25(30-23)31-10-12-35-13-11-31/h3-7,14-15,17H,8-13,16H2,1-2H3. The van der Waals surface area contributed by atoms with Gasteiger partial charge in [-0.1, -0.05) is 11.6 Å². The van der Waals surface area contributed by atoms with Gasteiger partial charge in [0.05, 0.1) is 31.0 Å². The summed E-state index contributed by atoms with van der Waals surface area (Å²) in [6.45, 7) is 7.07. The lowest BCUT2D eigenvalue weighted by molar-refractivity contribution is 0.122. The summed E-state index contributed by atoms with van der Waals surface area (Å²) in [5, 5.41) is 0.647. The molecule has 4 heterocycles. The fraction of sp³-hybridized carbons (Fsp3) is 0.400. The number of ether oxygens (including phenoxy) is 2. The van der Waals surface area contributed by atoms with Crippen molar-refractivity contribution in [2.24, 2.45) is 0 Å². The van der Waals surface area contributed by atoms with Gasteiger partial charge < -0.3 is 24.2 Å². The van der Waals surface area contributed by atoms with E-state index in [0.29, 0.717) is 48.5 Å². The Morgan fingerprint density at radius 3 is 2.60 bits per heavy atom. The van der Waals surface area contributed by atoms with Crippen LogP contribution in [-0.4, -0.2) is 74.0 Å². The molecule has 0 aliphatic carbocycles. The summed E-state index contributed by atoms with van der Waals surface area (Å²) in [5.41, 5.74) is 1.34. The van der Waals surface area contributed by atoms with Gasteiger partial charge in [0.1, 0.15) is 11.6 Å². The molecule has 0 spiro atoms. The minimum atomic E-state index is -0.424. The number of halogens is 2. The second-order valence-electron chi connectivity index (χ2n) is 8.66. The third-order valence-electron chi connectivity index (χ3n) is 6.40. The second-order valence-corrected chi connectivity index (χ2v) is 9.06. The maximum absolute atomic E-state index is 14.5. The maximum atomic E-state index is 14.5. The number of nitrogens with zero attached hydrogens (tertiary/aromatic N) is 6. The Morgan fingerprint density at radius 2 is 1.89 bits per heavy atom. The van der Waals surface area contributed by atoms with Gasteiger partial charge in [0.2, 0.25) is 5.95 Å². The van der Waals surface area contributed by atoms with Crippen molar-refractivity contribution >= 4 is 29.2 Å². The van der Waals surface area contributed by atoms with E-state index in [9.17, 15) is 4.39 Å². The van der Waals surface area contributed by atoms with Gasteiger partial charge in [-0.15, -0.1) is 0 Å². The number of hydrogen-bond donors (Lipinski definition) is 0. The zero-order valence-electron chi connectivity index (χ0n) is 19.8. The molecule has 184 valence electrons. The van der Waals surface area contributed by atoms with Crippen LogP contribution in [-0.2, 0) is 4.74 Å². The first-order chi connectivity index (χ1) is 17.0. The normalized spacial score (nSPS) is 18.6. The van der Waals surface area contributed by atoms with E-state index in [0.717, 1.165) is 31.3 Å². The van der Waals surface area contributed by atoms with Crippen LogP contribution in [0.3, 0.4) is 0 Å². The number of benzene rings is 1. The lowest BCUT2D eigenvalue weighted by Gasteiger charge is -2.41. The summed E-state index contributed by atoms with van der Waals surface area (Å²) >= 11 is 6.39. The Hall–Kier alpha value is -3.17. The number of rotatable bonds is 5. The van der Waals surface area contributed by atoms with Gasteiger partial charge in [-0.2, -0.15) is 4.98 Å². The summed E-state index contributed by atoms with van der Waals surface area (Å²) in [4.78, 5) is 20.8. The van der Waals surface area contributed by atoms with Crippen molar-refractivity contribution in [1.82, 2.24) is 15.0 Å². The predicted octanol–water partition coefficient (Wildman–Crippen LogP) is 3.89. The van der Waals surface area contributed by atoms with Crippen LogP contribution < -0.4 is 19.4 Å². The van der Waals surface area contributed by atoms with Crippen LogP contribution in [0.4, 0.5) is 22.0 Å². The monoisotopic (exact) mass is 498 g/mol. The van der Waals surface area contributed by atoms with Gasteiger partial charge in [-0.25, -0.2) is 14.4 Å². The molecule has 2 aromatic heterocycles. The van der Waals surface area contributed by atoms with E-state index >= 15 is 0 Å². The van der Waals surface area contributed by atoms with Gasteiger partial charge >= 0.3 is 0 Å². The number of hydrogen-bond acceptors (Lipinski definition) is 8. The van der Waals surface area contributed by atoms with E-state index in [1.165, 1.54) is 13.2 Å². The molecule has 1 atom stereocenters. The van der Waals surface area contributed by atoms with Gasteiger partial charge in [-0.3, -0.25) is 0 Å². The lowest BCUT2D eigenvalue weighted by Crippen LogP contribution is -2.53.